The van der Waals surface area contributed by atoms with E-state index in [9.17, 15) is 9.59 Å². The Morgan fingerprint density at radius 2 is 1.69 bits per heavy atom. The van der Waals surface area contributed by atoms with Crippen molar-refractivity contribution >= 4 is 12.1 Å². The molecular weight excluding hydrogens is 494 g/mol. The third-order valence-electron chi connectivity index (χ3n) is 10.8. The number of hydrogen-bond donors (Lipinski definition) is 2. The van der Waals surface area contributed by atoms with E-state index in [1.807, 2.05) is 38.1 Å². The average Bonchev–Trinajstić information content (AvgIpc) is 3.25. The summed E-state index contributed by atoms with van der Waals surface area (Å²) in [6, 6.07) is 5.77. The first-order valence-corrected chi connectivity index (χ1v) is 14.3. The summed E-state index contributed by atoms with van der Waals surface area (Å²) in [6.45, 7) is 8.79. The van der Waals surface area contributed by atoms with Crippen molar-refractivity contribution in [1.29, 1.82) is 0 Å². The van der Waals surface area contributed by atoms with Crippen LogP contribution in [-0.2, 0) is 15.1 Å². The molecule has 212 valence electrons. The maximum absolute atomic E-state index is 13.9. The number of methoxy groups -OCH3 is 2. The molecule has 5 rings (SSSR count). The fourth-order valence-electron chi connectivity index (χ4n) is 8.56. The molecule has 0 aromatic heterocycles. The zero-order valence-electron chi connectivity index (χ0n) is 24.1. The van der Waals surface area contributed by atoms with Gasteiger partial charge in [-0.3, -0.25) is 4.79 Å². The van der Waals surface area contributed by atoms with Crippen LogP contribution in [0.2, 0.25) is 0 Å². The smallest absolute Gasteiger partial charge is 0.497 e. The molecule has 2 N–H and O–H groups in total. The predicted molar refractivity (Wildman–Crippen MR) is 148 cm³/mol. The molecule has 1 aromatic carbocycles. The summed E-state index contributed by atoms with van der Waals surface area (Å²) in [4.78, 5) is 25.0. The van der Waals surface area contributed by atoms with Gasteiger partial charge in [-0.1, -0.05) is 19.9 Å². The third-order valence-corrected chi connectivity index (χ3v) is 10.8. The van der Waals surface area contributed by atoms with Crippen LogP contribution >= 0.6 is 0 Å². The van der Waals surface area contributed by atoms with Crippen LogP contribution in [0.1, 0.15) is 78.2 Å². The van der Waals surface area contributed by atoms with E-state index >= 15 is 0 Å². The van der Waals surface area contributed by atoms with E-state index in [2.05, 4.69) is 25.2 Å². The maximum atomic E-state index is 13.9. The number of benzene rings is 1. The van der Waals surface area contributed by atoms with Crippen LogP contribution in [0.25, 0.3) is 0 Å². The van der Waals surface area contributed by atoms with Crippen LogP contribution < -0.4 is 14.8 Å². The molecule has 4 aliphatic rings. The van der Waals surface area contributed by atoms with E-state index in [1.165, 1.54) is 5.57 Å². The highest BCUT2D eigenvalue weighted by atomic mass is 16.7. The van der Waals surface area contributed by atoms with Gasteiger partial charge in [0.15, 0.2) is 0 Å². The van der Waals surface area contributed by atoms with Gasteiger partial charge in [0.1, 0.15) is 17.3 Å². The molecule has 2 fully saturated rings. The molecule has 7 nitrogen and oxygen atoms in total. The van der Waals surface area contributed by atoms with Gasteiger partial charge in [0.25, 0.3) is 0 Å². The lowest BCUT2D eigenvalue weighted by atomic mass is 9.48. The minimum Gasteiger partial charge on any atom is -0.497 e. The van der Waals surface area contributed by atoms with Crippen LogP contribution in [0.5, 0.6) is 11.5 Å². The van der Waals surface area contributed by atoms with Crippen molar-refractivity contribution in [3.63, 3.8) is 0 Å². The zero-order chi connectivity index (χ0) is 28.2. The molecule has 0 bridgehead atoms. The van der Waals surface area contributed by atoms with Gasteiger partial charge in [-0.2, -0.15) is 0 Å². The number of carboxylic acid groups (broad SMARTS) is 1. The molecule has 0 heterocycles. The second-order valence-electron chi connectivity index (χ2n) is 13.1. The number of fused-ring (bicyclic) bond motifs is 5. The first-order valence-electron chi connectivity index (χ1n) is 14.3. The fourth-order valence-corrected chi connectivity index (χ4v) is 8.56. The van der Waals surface area contributed by atoms with Crippen molar-refractivity contribution in [2.24, 2.45) is 34.5 Å². The SMILES string of the molecule is COc1cc(OC)cc(C(C)(C)NC(=O)C2CC[C@H]3[C@@H]4CC=C5C=C(OC(=O)O)CC[C@]5(C)[C@H]4CC[C@]23C)c1. The molecule has 4 aliphatic carbocycles. The van der Waals surface area contributed by atoms with Gasteiger partial charge in [0.05, 0.1) is 19.8 Å². The van der Waals surface area contributed by atoms with Crippen molar-refractivity contribution in [3.8, 4) is 11.5 Å². The molecule has 39 heavy (non-hydrogen) atoms. The Hall–Kier alpha value is -2.96. The van der Waals surface area contributed by atoms with Gasteiger partial charge < -0.3 is 24.6 Å². The van der Waals surface area contributed by atoms with E-state index in [4.69, 9.17) is 19.3 Å². The highest BCUT2D eigenvalue weighted by molar-refractivity contribution is 5.81. The topological polar surface area (TPSA) is 94.1 Å². The van der Waals surface area contributed by atoms with Crippen molar-refractivity contribution in [1.82, 2.24) is 5.32 Å². The number of allylic oxidation sites excluding steroid dienone is 4. The average molecular weight is 538 g/mol. The second-order valence-corrected chi connectivity index (χ2v) is 13.1. The Morgan fingerprint density at radius 3 is 2.33 bits per heavy atom. The summed E-state index contributed by atoms with van der Waals surface area (Å²) in [5.41, 5.74) is 1.60. The molecule has 0 radical (unpaired) electrons. The number of carbonyl (C=O) groups is 2. The normalized spacial score (nSPS) is 33.5. The molecule has 1 amide bonds. The van der Waals surface area contributed by atoms with Crippen LogP contribution in [0.4, 0.5) is 4.79 Å². The number of nitrogens with one attached hydrogen (secondary N) is 1. The van der Waals surface area contributed by atoms with Gasteiger partial charge in [-0.05, 0) is 110 Å². The summed E-state index contributed by atoms with van der Waals surface area (Å²) in [5.74, 6) is 3.67. The first kappa shape index (κ1) is 27.6. The van der Waals surface area contributed by atoms with Gasteiger partial charge in [-0.15, -0.1) is 0 Å². The number of ether oxygens (including phenoxy) is 3. The lowest BCUT2D eigenvalue weighted by Gasteiger charge is -2.57. The van der Waals surface area contributed by atoms with Gasteiger partial charge >= 0.3 is 6.16 Å². The highest BCUT2D eigenvalue weighted by Gasteiger charge is 2.59. The maximum Gasteiger partial charge on any atom is 0.511 e. The summed E-state index contributed by atoms with van der Waals surface area (Å²) in [7, 11) is 3.27. The van der Waals surface area contributed by atoms with Crippen molar-refractivity contribution < 1.29 is 28.9 Å². The first-order chi connectivity index (χ1) is 18.4. The van der Waals surface area contributed by atoms with Crippen LogP contribution in [0, 0.1) is 34.5 Å². The van der Waals surface area contributed by atoms with Crippen LogP contribution in [0.3, 0.4) is 0 Å². The molecule has 0 spiro atoms. The lowest BCUT2D eigenvalue weighted by molar-refractivity contribution is -0.133. The summed E-state index contributed by atoms with van der Waals surface area (Å²) in [5, 5.41) is 12.5. The molecule has 6 atom stereocenters. The Balaban J connectivity index is 1.35. The highest BCUT2D eigenvalue weighted by Crippen LogP contribution is 2.66. The van der Waals surface area contributed by atoms with Crippen LogP contribution in [0.15, 0.2) is 41.7 Å². The largest absolute Gasteiger partial charge is 0.511 e. The molecule has 7 heteroatoms. The van der Waals surface area contributed by atoms with Crippen LogP contribution in [-0.4, -0.2) is 31.4 Å². The number of amides is 1. The minimum atomic E-state index is -1.24. The molecule has 1 unspecified atom stereocenters. The number of rotatable bonds is 6. The molecule has 0 saturated heterocycles. The van der Waals surface area contributed by atoms with Crippen molar-refractivity contribution in [2.75, 3.05) is 14.2 Å². The Morgan fingerprint density at radius 1 is 1.00 bits per heavy atom. The zero-order valence-corrected chi connectivity index (χ0v) is 24.1. The Kier molecular flexibility index (Phi) is 7.01. The summed E-state index contributed by atoms with van der Waals surface area (Å²) < 4.78 is 16.0. The van der Waals surface area contributed by atoms with Crippen molar-refractivity contribution in [3.05, 3.63) is 47.2 Å². The molecule has 1 aromatic rings. The van der Waals surface area contributed by atoms with Gasteiger partial charge in [0, 0.05) is 18.4 Å². The molecule has 0 aliphatic heterocycles. The van der Waals surface area contributed by atoms with Crippen molar-refractivity contribution in [2.45, 2.75) is 78.2 Å². The third kappa shape index (κ3) is 4.72. The standard InChI is InChI=1S/C32H43NO6/c1-30(2,20-16-22(37-5)18-23(17-20)38-6)33-28(34)27-10-9-25-24-8-7-19-15-21(39-29(35)36)11-13-31(19,3)26(24)12-14-32(25,27)4/h7,15-18,24-27H,8-14H2,1-6H3,(H,33,34)(H,35,36)/t24-,25-,26-,27?,31-,32-/m0/s1. The molecular formula is C32H43NO6. The van der Waals surface area contributed by atoms with Gasteiger partial charge in [0.2, 0.25) is 5.91 Å². The van der Waals surface area contributed by atoms with E-state index < -0.39 is 11.7 Å². The number of hydrogen-bond acceptors (Lipinski definition) is 5. The van der Waals surface area contributed by atoms with Gasteiger partial charge in [-0.25, -0.2) is 4.79 Å². The number of carbonyl (C=O) groups excluding carboxylic acids is 1. The Bertz CT molecular complexity index is 1190. The second kappa shape index (κ2) is 9.90. The minimum absolute atomic E-state index is 0.0183. The van der Waals surface area contributed by atoms with E-state index in [0.29, 0.717) is 41.4 Å². The van der Waals surface area contributed by atoms with E-state index in [0.717, 1.165) is 44.1 Å². The summed E-state index contributed by atoms with van der Waals surface area (Å²) >= 11 is 0. The lowest BCUT2D eigenvalue weighted by Crippen LogP contribution is -2.52. The predicted octanol–water partition coefficient (Wildman–Crippen LogP) is 6.82. The monoisotopic (exact) mass is 537 g/mol. The summed E-state index contributed by atoms with van der Waals surface area (Å²) in [6.07, 6.45) is 9.72. The Labute approximate surface area is 232 Å². The van der Waals surface area contributed by atoms with E-state index in [-0.39, 0.29) is 22.7 Å². The fraction of sp³-hybridized carbons (Fsp3) is 0.625. The van der Waals surface area contributed by atoms with E-state index in [1.54, 1.807) is 14.2 Å². The molecule has 2 saturated carbocycles. The quantitative estimate of drug-likeness (QED) is 0.387.